The summed E-state index contributed by atoms with van der Waals surface area (Å²) >= 11 is 1.73. The second-order valence-corrected chi connectivity index (χ2v) is 5.90. The van der Waals surface area contributed by atoms with Crippen molar-refractivity contribution in [2.75, 3.05) is 26.2 Å². The molecule has 0 spiro atoms. The van der Waals surface area contributed by atoms with Gasteiger partial charge in [0, 0.05) is 26.2 Å². The van der Waals surface area contributed by atoms with E-state index in [1.807, 2.05) is 9.34 Å². The lowest BCUT2D eigenvalue weighted by Gasteiger charge is -2.14. The molecule has 2 heterocycles. The molecule has 0 saturated carbocycles. The van der Waals surface area contributed by atoms with Crippen molar-refractivity contribution in [2.45, 2.75) is 0 Å². The SMILES string of the molecule is O=P(OI)(N1CC1)N1CC1. The molecule has 6 heteroatoms. The van der Waals surface area contributed by atoms with Crippen LogP contribution >= 0.6 is 30.7 Å². The molecule has 4 nitrogen and oxygen atoms in total. The van der Waals surface area contributed by atoms with Gasteiger partial charge in [-0.25, -0.2) is 12.2 Å². The number of halogens is 1. The van der Waals surface area contributed by atoms with Crippen molar-refractivity contribution in [3.8, 4) is 0 Å². The third kappa shape index (κ3) is 1.14. The number of hydrogen-bond acceptors (Lipinski definition) is 2. The molecule has 2 fully saturated rings. The van der Waals surface area contributed by atoms with Gasteiger partial charge in [-0.1, -0.05) is 0 Å². The molecule has 0 atom stereocenters. The Morgan fingerprint density at radius 3 is 1.80 bits per heavy atom. The Bertz CT molecular complexity index is 176. The molecule has 0 bridgehead atoms. The fraction of sp³-hybridized carbons (Fsp3) is 1.00. The van der Waals surface area contributed by atoms with Crippen LogP contribution < -0.4 is 0 Å². The first-order chi connectivity index (χ1) is 4.77. The summed E-state index contributed by atoms with van der Waals surface area (Å²) in [6, 6.07) is 0. The Hall–Kier alpha value is 0.840. The van der Waals surface area contributed by atoms with E-state index in [0.29, 0.717) is 0 Å². The van der Waals surface area contributed by atoms with E-state index in [4.69, 9.17) is 2.85 Å². The van der Waals surface area contributed by atoms with Crippen molar-refractivity contribution in [3.63, 3.8) is 0 Å². The third-order valence-electron chi connectivity index (χ3n) is 1.65. The average Bonchev–Trinajstić information content (AvgIpc) is 2.73. The van der Waals surface area contributed by atoms with Crippen LogP contribution in [0.2, 0.25) is 0 Å². The van der Waals surface area contributed by atoms with Crippen LogP contribution in [0.3, 0.4) is 0 Å². The minimum absolute atomic E-state index is 0.927. The van der Waals surface area contributed by atoms with Gasteiger partial charge in [-0.05, 0) is 0 Å². The highest BCUT2D eigenvalue weighted by Gasteiger charge is 2.49. The van der Waals surface area contributed by atoms with Gasteiger partial charge in [-0.2, -0.15) is 0 Å². The maximum absolute atomic E-state index is 11.7. The molecule has 0 aliphatic carbocycles. The predicted octanol–water partition coefficient (Wildman–Crippen LogP) is 1.09. The Kier molecular flexibility index (Phi) is 1.81. The Morgan fingerprint density at radius 1 is 1.20 bits per heavy atom. The van der Waals surface area contributed by atoms with Gasteiger partial charge in [0.25, 0.3) is 0 Å². The predicted molar refractivity (Wildman–Crippen MR) is 45.9 cm³/mol. The largest absolute Gasteiger partial charge is 0.355 e. The van der Waals surface area contributed by atoms with Crippen molar-refractivity contribution in [1.29, 1.82) is 0 Å². The minimum Gasteiger partial charge on any atom is -0.255 e. The Balaban J connectivity index is 2.11. The molecule has 2 aliphatic rings. The topological polar surface area (TPSA) is 32.3 Å². The summed E-state index contributed by atoms with van der Waals surface area (Å²) in [7, 11) is -2.47. The normalized spacial score (nSPS) is 26.9. The number of rotatable bonds is 3. The van der Waals surface area contributed by atoms with Gasteiger partial charge >= 0.3 is 7.67 Å². The van der Waals surface area contributed by atoms with Gasteiger partial charge in [0.05, 0.1) is 0 Å². The molecule has 0 N–H and O–H groups in total. The molecule has 0 aromatic heterocycles. The summed E-state index contributed by atoms with van der Waals surface area (Å²) in [5, 5.41) is 0. The van der Waals surface area contributed by atoms with E-state index in [1.54, 1.807) is 23.0 Å². The van der Waals surface area contributed by atoms with E-state index in [0.717, 1.165) is 26.2 Å². The van der Waals surface area contributed by atoms with Crippen LogP contribution in [-0.4, -0.2) is 35.5 Å². The fourth-order valence-corrected chi connectivity index (χ4v) is 4.08. The maximum atomic E-state index is 11.7. The van der Waals surface area contributed by atoms with Gasteiger partial charge in [0.15, 0.2) is 0 Å². The van der Waals surface area contributed by atoms with E-state index in [-0.39, 0.29) is 0 Å². The van der Waals surface area contributed by atoms with Gasteiger partial charge in [0.1, 0.15) is 23.0 Å². The first kappa shape index (κ1) is 7.49. The second kappa shape index (κ2) is 2.42. The van der Waals surface area contributed by atoms with Gasteiger partial charge in [-0.15, -0.1) is 0 Å². The van der Waals surface area contributed by atoms with Crippen molar-refractivity contribution >= 4 is 30.7 Å². The zero-order valence-electron chi connectivity index (χ0n) is 5.36. The molecular weight excluding hydrogens is 266 g/mol. The first-order valence-electron chi connectivity index (χ1n) is 3.18. The van der Waals surface area contributed by atoms with Crippen LogP contribution in [0.4, 0.5) is 0 Å². The summed E-state index contributed by atoms with van der Waals surface area (Å²) in [5.74, 6) is 0. The summed E-state index contributed by atoms with van der Waals surface area (Å²) < 4.78 is 20.5. The van der Waals surface area contributed by atoms with E-state index >= 15 is 0 Å². The molecule has 0 amide bonds. The van der Waals surface area contributed by atoms with Crippen molar-refractivity contribution < 1.29 is 7.42 Å². The van der Waals surface area contributed by atoms with Crippen molar-refractivity contribution in [1.82, 2.24) is 9.34 Å². The minimum atomic E-state index is -2.47. The molecule has 0 radical (unpaired) electrons. The highest BCUT2D eigenvalue weighted by atomic mass is 127. The number of hydrogen-bond donors (Lipinski definition) is 0. The molecule has 0 aromatic rings. The fourth-order valence-electron chi connectivity index (χ4n) is 0.861. The average molecular weight is 274 g/mol. The van der Waals surface area contributed by atoms with Crippen LogP contribution in [0.25, 0.3) is 0 Å². The summed E-state index contributed by atoms with van der Waals surface area (Å²) in [6.45, 7) is 3.71. The monoisotopic (exact) mass is 274 g/mol. The van der Waals surface area contributed by atoms with E-state index < -0.39 is 7.67 Å². The highest BCUT2D eigenvalue weighted by molar-refractivity contribution is 14.1. The Labute approximate surface area is 73.8 Å². The lowest BCUT2D eigenvalue weighted by atomic mass is 11.0. The third-order valence-corrected chi connectivity index (χ3v) is 5.60. The first-order valence-corrected chi connectivity index (χ1v) is 5.60. The maximum Gasteiger partial charge on any atom is 0.355 e. The van der Waals surface area contributed by atoms with Crippen molar-refractivity contribution in [2.24, 2.45) is 0 Å². The van der Waals surface area contributed by atoms with Crippen LogP contribution in [0, 0.1) is 0 Å². The second-order valence-electron chi connectivity index (χ2n) is 2.47. The molecule has 2 saturated heterocycles. The zero-order valence-corrected chi connectivity index (χ0v) is 8.42. The van der Waals surface area contributed by atoms with Crippen molar-refractivity contribution in [3.05, 3.63) is 0 Å². The molecule has 58 valence electrons. The number of nitrogens with zero attached hydrogens (tertiary/aromatic N) is 2. The van der Waals surface area contributed by atoms with Crippen LogP contribution in [-0.2, 0) is 7.42 Å². The molecule has 2 rings (SSSR count). The summed E-state index contributed by atoms with van der Waals surface area (Å²) in [5.41, 5.74) is 0. The molecule has 0 unspecified atom stereocenters. The summed E-state index contributed by atoms with van der Waals surface area (Å²) in [6.07, 6.45) is 0. The molecular formula is C4H8IN2O2P. The van der Waals surface area contributed by atoms with Crippen LogP contribution in [0.5, 0.6) is 0 Å². The highest BCUT2D eigenvalue weighted by Crippen LogP contribution is 2.62. The summed E-state index contributed by atoms with van der Waals surface area (Å²) in [4.78, 5) is 0. The lowest BCUT2D eigenvalue weighted by molar-refractivity contribution is 0.453. The van der Waals surface area contributed by atoms with Gasteiger partial charge in [-0.3, -0.25) is 4.57 Å². The van der Waals surface area contributed by atoms with Gasteiger partial charge in [0.2, 0.25) is 0 Å². The standard InChI is InChI=1S/C4H8IN2O2P/c5-9-10(8,6-1-2-6)7-3-4-7/h1-4H2. The lowest BCUT2D eigenvalue weighted by Crippen LogP contribution is -2.02. The van der Waals surface area contributed by atoms with E-state index in [1.165, 1.54) is 0 Å². The van der Waals surface area contributed by atoms with E-state index in [2.05, 4.69) is 0 Å². The van der Waals surface area contributed by atoms with Crippen LogP contribution in [0.1, 0.15) is 0 Å². The smallest absolute Gasteiger partial charge is 0.255 e. The van der Waals surface area contributed by atoms with Crippen LogP contribution in [0.15, 0.2) is 0 Å². The molecule has 10 heavy (non-hydrogen) atoms. The molecule has 2 aliphatic heterocycles. The quantitative estimate of drug-likeness (QED) is 0.438. The van der Waals surface area contributed by atoms with E-state index in [9.17, 15) is 4.57 Å². The Morgan fingerprint density at radius 2 is 1.60 bits per heavy atom. The zero-order chi connectivity index (χ0) is 7.19. The van der Waals surface area contributed by atoms with Gasteiger partial charge < -0.3 is 0 Å². The molecule has 0 aromatic carbocycles.